The van der Waals surface area contributed by atoms with Gasteiger partial charge in [0.2, 0.25) is 5.75 Å². The Labute approximate surface area is 271 Å². The van der Waals surface area contributed by atoms with Crippen LogP contribution in [0.4, 0.5) is 0 Å². The quantitative estimate of drug-likeness (QED) is 0.188. The summed E-state index contributed by atoms with van der Waals surface area (Å²) >= 11 is 0. The number of esters is 2. The number of hydrogen-bond donors (Lipinski definition) is 0. The van der Waals surface area contributed by atoms with Gasteiger partial charge < -0.3 is 33.2 Å². The highest BCUT2D eigenvalue weighted by molar-refractivity contribution is 5.91. The third-order valence-corrected chi connectivity index (χ3v) is 10.1. The Kier molecular flexibility index (Phi) is 8.90. The highest BCUT2D eigenvalue weighted by Crippen LogP contribution is 2.51. The first-order chi connectivity index (χ1) is 22.7. The molecular weight excluding hydrogens is 614 g/mol. The summed E-state index contributed by atoms with van der Waals surface area (Å²) in [6, 6.07) is 8.09. The van der Waals surface area contributed by atoms with E-state index in [4.69, 9.17) is 33.2 Å². The molecule has 2 fully saturated rings. The van der Waals surface area contributed by atoms with Crippen molar-refractivity contribution in [3.8, 4) is 23.0 Å². The monoisotopic (exact) mass is 653 g/mol. The molecule has 1 saturated heterocycles. The molecule has 0 unspecified atom stereocenters. The Morgan fingerprint density at radius 3 is 2.26 bits per heavy atom. The van der Waals surface area contributed by atoms with Crippen LogP contribution in [0.3, 0.4) is 0 Å². The van der Waals surface area contributed by atoms with Crippen molar-refractivity contribution < 1.29 is 47.8 Å². The van der Waals surface area contributed by atoms with Crippen LogP contribution in [0, 0.1) is 27.9 Å². The minimum Gasteiger partial charge on any atom is -0.497 e. The number of methoxy groups -OCH3 is 6. The SMILES string of the molecule is COC(=O)[C@@H]1[C@@H]2C[C@@H]3c4c(c5ccc(OC)cc5n4[N+](=O)[O-])CCN3C[C@H]2C[C@H](OC(=O)c2cc(OC)c(OC)c(OC)c2)[C@@H]1OC. The molecule has 47 heavy (non-hydrogen) atoms. The van der Waals surface area contributed by atoms with Gasteiger partial charge in [-0.15, -0.1) is 0 Å². The predicted octanol–water partition coefficient (Wildman–Crippen LogP) is 3.68. The summed E-state index contributed by atoms with van der Waals surface area (Å²) < 4.78 is 40.0. The van der Waals surface area contributed by atoms with E-state index in [2.05, 4.69) is 4.90 Å². The number of rotatable bonds is 9. The van der Waals surface area contributed by atoms with Gasteiger partial charge >= 0.3 is 11.9 Å². The van der Waals surface area contributed by atoms with E-state index in [9.17, 15) is 19.7 Å². The van der Waals surface area contributed by atoms with E-state index in [1.54, 1.807) is 6.07 Å². The molecule has 0 radical (unpaired) electrons. The minimum absolute atomic E-state index is 0.0745. The van der Waals surface area contributed by atoms with Gasteiger partial charge in [0.25, 0.3) is 0 Å². The lowest BCUT2D eigenvalue weighted by Gasteiger charge is -2.52. The second kappa shape index (κ2) is 12.9. The lowest BCUT2D eigenvalue weighted by Crippen LogP contribution is -2.58. The molecule has 2 aromatic carbocycles. The van der Waals surface area contributed by atoms with E-state index in [-0.39, 0.29) is 28.5 Å². The van der Waals surface area contributed by atoms with Gasteiger partial charge in [-0.2, -0.15) is 0 Å². The zero-order valence-electron chi connectivity index (χ0n) is 27.2. The number of nitrogens with zero attached hydrogens (tertiary/aromatic N) is 3. The number of benzene rings is 2. The lowest BCUT2D eigenvalue weighted by atomic mass is 9.63. The number of carbonyl (C=O) groups is 2. The molecule has 3 heterocycles. The fraction of sp³-hybridized carbons (Fsp3) is 0.515. The maximum atomic E-state index is 13.6. The summed E-state index contributed by atoms with van der Waals surface area (Å²) in [4.78, 5) is 41.9. The molecule has 1 aromatic heterocycles. The molecule has 3 aliphatic rings. The van der Waals surface area contributed by atoms with E-state index < -0.39 is 30.1 Å². The van der Waals surface area contributed by atoms with Gasteiger partial charge in [0.15, 0.2) is 16.5 Å². The van der Waals surface area contributed by atoms with Gasteiger partial charge in [0.05, 0.1) is 53.1 Å². The highest BCUT2D eigenvalue weighted by Gasteiger charge is 2.55. The summed E-state index contributed by atoms with van der Waals surface area (Å²) in [6.07, 6.45) is -0.0562. The molecule has 3 aromatic rings. The number of nitro groups is 1. The molecule has 0 amide bonds. The van der Waals surface area contributed by atoms with E-state index in [0.29, 0.717) is 66.6 Å². The summed E-state index contributed by atoms with van der Waals surface area (Å²) in [7, 11) is 8.71. The second-order valence-corrected chi connectivity index (χ2v) is 12.1. The van der Waals surface area contributed by atoms with Crippen molar-refractivity contribution in [1.82, 2.24) is 9.58 Å². The maximum absolute atomic E-state index is 13.6. The molecule has 1 saturated carbocycles. The molecule has 1 aliphatic carbocycles. The van der Waals surface area contributed by atoms with Crippen LogP contribution >= 0.6 is 0 Å². The Morgan fingerprint density at radius 1 is 0.936 bits per heavy atom. The van der Waals surface area contributed by atoms with Crippen LogP contribution in [0.1, 0.15) is 40.5 Å². The van der Waals surface area contributed by atoms with Crippen molar-refractivity contribution in [2.45, 2.75) is 37.5 Å². The zero-order chi connectivity index (χ0) is 33.6. The highest BCUT2D eigenvalue weighted by atomic mass is 16.7. The topological polar surface area (TPSA) is 150 Å². The zero-order valence-corrected chi connectivity index (χ0v) is 27.2. The van der Waals surface area contributed by atoms with Crippen molar-refractivity contribution in [2.24, 2.45) is 17.8 Å². The summed E-state index contributed by atoms with van der Waals surface area (Å²) in [6.45, 7) is 1.25. The van der Waals surface area contributed by atoms with Crippen molar-refractivity contribution in [2.75, 3.05) is 55.7 Å². The van der Waals surface area contributed by atoms with E-state index in [0.717, 1.165) is 10.9 Å². The lowest BCUT2D eigenvalue weighted by molar-refractivity contribution is -0.540. The summed E-state index contributed by atoms with van der Waals surface area (Å²) in [5.74, 6) is -0.753. The normalized spacial score (nSPS) is 25.1. The average Bonchev–Trinajstić information content (AvgIpc) is 3.43. The molecule has 2 aliphatic heterocycles. The van der Waals surface area contributed by atoms with Gasteiger partial charge in [-0.3, -0.25) is 9.69 Å². The van der Waals surface area contributed by atoms with Crippen molar-refractivity contribution in [3.63, 3.8) is 0 Å². The first kappa shape index (κ1) is 32.4. The number of hydrogen-bond acceptors (Lipinski definition) is 12. The first-order valence-electron chi connectivity index (χ1n) is 15.4. The summed E-state index contributed by atoms with van der Waals surface area (Å²) in [5.41, 5.74) is 2.22. The molecule has 252 valence electrons. The number of ether oxygens (including phenoxy) is 7. The smallest absolute Gasteiger partial charge is 0.338 e. The fourth-order valence-electron chi connectivity index (χ4n) is 8.06. The number of aromatic nitrogens is 1. The fourth-order valence-corrected chi connectivity index (χ4v) is 8.06. The van der Waals surface area contributed by atoms with Gasteiger partial charge in [-0.05, 0) is 60.9 Å². The third-order valence-electron chi connectivity index (χ3n) is 10.1. The van der Waals surface area contributed by atoms with Crippen LogP contribution in [-0.2, 0) is 25.4 Å². The molecule has 14 nitrogen and oxygen atoms in total. The van der Waals surface area contributed by atoms with E-state index in [1.165, 1.54) is 59.5 Å². The van der Waals surface area contributed by atoms with Crippen molar-refractivity contribution in [3.05, 3.63) is 57.3 Å². The Morgan fingerprint density at radius 2 is 1.66 bits per heavy atom. The maximum Gasteiger partial charge on any atom is 0.338 e. The van der Waals surface area contributed by atoms with E-state index in [1.807, 2.05) is 12.1 Å². The minimum atomic E-state index is -0.810. The molecule has 0 bridgehead atoms. The number of piperidine rings is 1. The largest absolute Gasteiger partial charge is 0.497 e. The molecule has 6 rings (SSSR count). The average molecular weight is 654 g/mol. The number of fused-ring (bicyclic) bond motifs is 6. The van der Waals surface area contributed by atoms with Crippen molar-refractivity contribution in [1.29, 1.82) is 0 Å². The van der Waals surface area contributed by atoms with Gasteiger partial charge in [-0.1, -0.05) is 4.68 Å². The van der Waals surface area contributed by atoms with Gasteiger partial charge in [0.1, 0.15) is 29.2 Å². The van der Waals surface area contributed by atoms with Crippen LogP contribution in [-0.4, -0.2) is 94.5 Å². The molecule has 0 spiro atoms. The van der Waals surface area contributed by atoms with Gasteiger partial charge in [0, 0.05) is 31.7 Å². The molecular formula is C33H39N3O11. The first-order valence-corrected chi connectivity index (χ1v) is 15.4. The standard InChI is InChI=1S/C33H39N3O11/c1-41-19-7-8-20-21-9-10-34-16-18-13-27(47-32(37)17-11-25(42-2)30(44-4)26(12-17)43-3)31(45-5)28(33(38)46-6)22(18)15-24(34)29(21)35(36(39)40)23(20)14-19/h7-8,11-12,14,18,22,24,27-28,31H,9-10,13,15-16H2,1-6H3/t18-,22-,24-,27+,28-,31+/m1/s1. The van der Waals surface area contributed by atoms with Crippen LogP contribution in [0.15, 0.2) is 30.3 Å². The molecule has 6 atom stereocenters. The molecule has 0 N–H and O–H groups in total. The predicted molar refractivity (Wildman–Crippen MR) is 167 cm³/mol. The van der Waals surface area contributed by atoms with Gasteiger partial charge in [-0.25, -0.2) is 14.9 Å². The van der Waals surface area contributed by atoms with Crippen molar-refractivity contribution >= 4 is 22.8 Å². The Balaban J connectivity index is 1.34. The van der Waals surface area contributed by atoms with E-state index >= 15 is 0 Å². The van der Waals surface area contributed by atoms with Crippen LogP contribution in [0.2, 0.25) is 0 Å². The molecule has 14 heteroatoms. The van der Waals surface area contributed by atoms with Crippen LogP contribution < -0.4 is 18.9 Å². The third kappa shape index (κ3) is 5.38. The second-order valence-electron chi connectivity index (χ2n) is 12.1. The van der Waals surface area contributed by atoms with Crippen LogP contribution in [0.25, 0.3) is 10.9 Å². The number of carbonyl (C=O) groups excluding carboxylic acids is 2. The van der Waals surface area contributed by atoms with Crippen LogP contribution in [0.5, 0.6) is 23.0 Å². The Hall–Kier alpha value is -4.56. The Bertz CT molecular complexity index is 1680. The summed E-state index contributed by atoms with van der Waals surface area (Å²) in [5, 5.41) is 13.0.